The van der Waals surface area contributed by atoms with Crippen molar-refractivity contribution in [1.29, 1.82) is 0 Å². The minimum atomic E-state index is -0.477. The molecule has 0 spiro atoms. The van der Waals surface area contributed by atoms with Crippen LogP contribution in [0.1, 0.15) is 29.0 Å². The van der Waals surface area contributed by atoms with Gasteiger partial charge in [-0.25, -0.2) is 4.79 Å². The number of hydrogen-bond donors (Lipinski definition) is 1. The molecule has 30 heavy (non-hydrogen) atoms. The molecule has 0 saturated heterocycles. The monoisotopic (exact) mass is 447 g/mol. The van der Waals surface area contributed by atoms with Crippen molar-refractivity contribution >= 4 is 40.0 Å². The van der Waals surface area contributed by atoms with Gasteiger partial charge in [-0.2, -0.15) is 4.98 Å². The summed E-state index contributed by atoms with van der Waals surface area (Å²) in [5.74, 6) is 1.68. The van der Waals surface area contributed by atoms with Crippen molar-refractivity contribution < 1.29 is 23.6 Å². The lowest BCUT2D eigenvalue weighted by Crippen LogP contribution is -2.16. The number of amides is 1. The number of rotatable bonds is 9. The number of hydrogen-bond acceptors (Lipinski definition) is 9. The first-order valence-corrected chi connectivity index (χ1v) is 11.1. The Kier molecular flexibility index (Phi) is 7.47. The predicted octanol–water partition coefficient (Wildman–Crippen LogP) is 4.16. The minimum absolute atomic E-state index is 0.186. The lowest BCUT2D eigenvalue weighted by molar-refractivity contribution is -0.113. The van der Waals surface area contributed by atoms with Crippen molar-refractivity contribution in [2.24, 2.45) is 0 Å². The summed E-state index contributed by atoms with van der Waals surface area (Å²) in [5.41, 5.74) is 1.88. The van der Waals surface area contributed by atoms with Crippen molar-refractivity contribution in [2.75, 3.05) is 24.8 Å². The summed E-state index contributed by atoms with van der Waals surface area (Å²) >= 11 is 2.64. The van der Waals surface area contributed by atoms with Crippen LogP contribution in [0.2, 0.25) is 0 Å². The van der Waals surface area contributed by atoms with Gasteiger partial charge in [0.15, 0.2) is 5.82 Å². The second kappa shape index (κ2) is 10.3. The van der Waals surface area contributed by atoms with Crippen LogP contribution in [0.3, 0.4) is 0 Å². The molecule has 2 aromatic heterocycles. The van der Waals surface area contributed by atoms with Crippen LogP contribution in [0.5, 0.6) is 5.75 Å². The van der Waals surface area contributed by atoms with E-state index in [2.05, 4.69) is 15.5 Å². The molecule has 1 N–H and O–H groups in total. The molecule has 0 aliphatic rings. The highest BCUT2D eigenvalue weighted by atomic mass is 32.2. The summed E-state index contributed by atoms with van der Waals surface area (Å²) in [7, 11) is 1.59. The van der Waals surface area contributed by atoms with Crippen LogP contribution in [0, 0.1) is 6.92 Å². The third-order valence-electron chi connectivity index (χ3n) is 3.96. The van der Waals surface area contributed by atoms with Gasteiger partial charge in [-0.05, 0) is 24.6 Å². The lowest BCUT2D eigenvalue weighted by atomic mass is 10.0. The predicted molar refractivity (Wildman–Crippen MR) is 116 cm³/mol. The molecule has 1 amide bonds. The molecular weight excluding hydrogens is 426 g/mol. The zero-order valence-electron chi connectivity index (χ0n) is 16.8. The molecule has 0 unspecified atom stereocenters. The highest BCUT2D eigenvalue weighted by molar-refractivity contribution is 7.99. The first-order valence-electron chi connectivity index (χ1n) is 9.11. The van der Waals surface area contributed by atoms with Crippen molar-refractivity contribution in [3.63, 3.8) is 0 Å². The van der Waals surface area contributed by atoms with E-state index in [1.54, 1.807) is 21.0 Å². The molecule has 0 bridgehead atoms. The number of aryl methyl sites for hydroxylation is 1. The standard InChI is InChI=1S/C20H21N3O5S2/c1-4-27-20(25)18-15(13-5-7-14(26-3)8-6-13)9-30-19(18)22-17(24)11-29-10-16-21-12(2)28-23-16/h5-9H,4,10-11H2,1-3H3,(H,22,24). The summed E-state index contributed by atoms with van der Waals surface area (Å²) in [4.78, 5) is 29.1. The van der Waals surface area contributed by atoms with Gasteiger partial charge < -0.3 is 19.3 Å². The van der Waals surface area contributed by atoms with Crippen LogP contribution >= 0.6 is 23.1 Å². The second-order valence-electron chi connectivity index (χ2n) is 6.07. The smallest absolute Gasteiger partial charge is 0.341 e. The van der Waals surface area contributed by atoms with Crippen LogP contribution in [-0.2, 0) is 15.3 Å². The highest BCUT2D eigenvalue weighted by Gasteiger charge is 2.23. The number of nitrogens with zero attached hydrogens (tertiary/aromatic N) is 2. The molecule has 8 nitrogen and oxygen atoms in total. The van der Waals surface area contributed by atoms with Gasteiger partial charge in [-0.3, -0.25) is 4.79 Å². The number of carbonyl (C=O) groups is 2. The number of thioether (sulfide) groups is 1. The maximum atomic E-state index is 12.6. The quantitative estimate of drug-likeness (QED) is 0.488. The summed E-state index contributed by atoms with van der Waals surface area (Å²) in [5, 5.41) is 8.91. The zero-order valence-corrected chi connectivity index (χ0v) is 18.4. The summed E-state index contributed by atoms with van der Waals surface area (Å²) < 4.78 is 15.3. The fourth-order valence-electron chi connectivity index (χ4n) is 2.64. The minimum Gasteiger partial charge on any atom is -0.497 e. The first kappa shape index (κ1) is 21.8. The molecule has 10 heteroatoms. The average Bonchev–Trinajstić information content (AvgIpc) is 3.34. The number of ether oxygens (including phenoxy) is 2. The molecule has 0 atom stereocenters. The van der Waals surface area contributed by atoms with Gasteiger partial charge >= 0.3 is 5.97 Å². The Labute approximate surface area is 182 Å². The van der Waals surface area contributed by atoms with Crippen LogP contribution in [0.25, 0.3) is 11.1 Å². The maximum Gasteiger partial charge on any atom is 0.341 e. The van der Waals surface area contributed by atoms with E-state index in [1.165, 1.54) is 23.1 Å². The van der Waals surface area contributed by atoms with Crippen LogP contribution in [0.4, 0.5) is 5.00 Å². The van der Waals surface area contributed by atoms with E-state index >= 15 is 0 Å². The van der Waals surface area contributed by atoms with E-state index < -0.39 is 5.97 Å². The topological polar surface area (TPSA) is 104 Å². The van der Waals surface area contributed by atoms with Gasteiger partial charge in [0.1, 0.15) is 16.3 Å². The molecule has 2 heterocycles. The number of methoxy groups -OCH3 is 1. The highest BCUT2D eigenvalue weighted by Crippen LogP contribution is 2.37. The van der Waals surface area contributed by atoms with E-state index in [4.69, 9.17) is 14.0 Å². The molecular formula is C20H21N3O5S2. The number of esters is 1. The Bertz CT molecular complexity index is 1010. The summed E-state index contributed by atoms with van der Waals surface area (Å²) in [6, 6.07) is 7.35. The van der Waals surface area contributed by atoms with Crippen molar-refractivity contribution in [2.45, 2.75) is 19.6 Å². The van der Waals surface area contributed by atoms with Crippen LogP contribution < -0.4 is 10.1 Å². The third-order valence-corrected chi connectivity index (χ3v) is 5.78. The van der Waals surface area contributed by atoms with Crippen molar-refractivity contribution in [3.05, 3.63) is 46.9 Å². The van der Waals surface area contributed by atoms with Crippen LogP contribution in [-0.4, -0.2) is 41.5 Å². The summed E-state index contributed by atoms with van der Waals surface area (Å²) in [6.45, 7) is 3.69. The Morgan fingerprint density at radius 1 is 1.27 bits per heavy atom. The van der Waals surface area contributed by atoms with Gasteiger partial charge in [0.2, 0.25) is 11.8 Å². The molecule has 0 saturated carbocycles. The Morgan fingerprint density at radius 2 is 2.03 bits per heavy atom. The molecule has 0 fully saturated rings. The second-order valence-corrected chi connectivity index (χ2v) is 7.94. The first-order chi connectivity index (χ1) is 14.5. The lowest BCUT2D eigenvalue weighted by Gasteiger charge is -2.09. The molecule has 0 radical (unpaired) electrons. The van der Waals surface area contributed by atoms with Gasteiger partial charge in [0.05, 0.1) is 25.2 Å². The number of carbonyl (C=O) groups excluding carboxylic acids is 2. The summed E-state index contributed by atoms with van der Waals surface area (Å²) in [6.07, 6.45) is 0. The Hall–Kier alpha value is -2.85. The van der Waals surface area contributed by atoms with E-state index in [-0.39, 0.29) is 18.3 Å². The average molecular weight is 448 g/mol. The SMILES string of the molecule is CCOC(=O)c1c(-c2ccc(OC)cc2)csc1NC(=O)CSCc1noc(C)n1. The zero-order chi connectivity index (χ0) is 21.5. The normalized spacial score (nSPS) is 10.6. The van der Waals surface area contributed by atoms with E-state index in [0.717, 1.165) is 5.56 Å². The molecule has 0 aliphatic heterocycles. The fraction of sp³-hybridized carbons (Fsp3) is 0.300. The molecule has 0 aliphatic carbocycles. The maximum absolute atomic E-state index is 12.6. The van der Waals surface area contributed by atoms with Gasteiger partial charge in [0, 0.05) is 17.9 Å². The van der Waals surface area contributed by atoms with E-state index in [0.29, 0.717) is 39.3 Å². The van der Waals surface area contributed by atoms with Gasteiger partial charge in [0.25, 0.3) is 0 Å². The molecule has 158 valence electrons. The number of anilines is 1. The van der Waals surface area contributed by atoms with Gasteiger partial charge in [-0.15, -0.1) is 23.1 Å². The number of nitrogens with one attached hydrogen (secondary N) is 1. The van der Waals surface area contributed by atoms with E-state index in [9.17, 15) is 9.59 Å². The van der Waals surface area contributed by atoms with Crippen molar-refractivity contribution in [3.8, 4) is 16.9 Å². The van der Waals surface area contributed by atoms with Crippen LogP contribution in [0.15, 0.2) is 34.2 Å². The molecule has 1 aromatic carbocycles. The number of aromatic nitrogens is 2. The molecule has 3 rings (SSSR count). The van der Waals surface area contributed by atoms with E-state index in [1.807, 2.05) is 29.6 Å². The Morgan fingerprint density at radius 3 is 2.67 bits per heavy atom. The Balaban J connectivity index is 1.73. The fourth-order valence-corrected chi connectivity index (χ4v) is 4.27. The third kappa shape index (κ3) is 5.39. The largest absolute Gasteiger partial charge is 0.497 e. The molecule has 3 aromatic rings. The van der Waals surface area contributed by atoms with Gasteiger partial charge in [-0.1, -0.05) is 17.3 Å². The number of benzene rings is 1. The number of thiophene rings is 1. The van der Waals surface area contributed by atoms with Crippen molar-refractivity contribution in [1.82, 2.24) is 10.1 Å².